The monoisotopic (exact) mass is 237 g/mol. The molecule has 0 aliphatic carbocycles. The Morgan fingerprint density at radius 3 is 2.18 bits per heavy atom. The van der Waals surface area contributed by atoms with Gasteiger partial charge in [0.15, 0.2) is 0 Å². The summed E-state index contributed by atoms with van der Waals surface area (Å²) in [5.74, 6) is 6.11. The maximum Gasteiger partial charge on any atom is 0.0103 e. The zero-order valence-corrected chi connectivity index (χ0v) is 12.1. The quantitative estimate of drug-likeness (QED) is 0.411. The zero-order chi connectivity index (χ0) is 12.8. The Hall–Kier alpha value is -0.480. The molecule has 100 valence electrons. The number of rotatable bonds is 11. The number of unbranched alkanes of at least 4 members (excludes halogenated alkanes) is 6. The second-order valence-corrected chi connectivity index (χ2v) is 4.86. The van der Waals surface area contributed by atoms with Crippen molar-refractivity contribution in [2.45, 2.75) is 84.1 Å². The van der Waals surface area contributed by atoms with E-state index in [1.165, 1.54) is 57.8 Å². The van der Waals surface area contributed by atoms with E-state index in [-0.39, 0.29) is 0 Å². The van der Waals surface area contributed by atoms with Crippen molar-refractivity contribution in [1.82, 2.24) is 5.32 Å². The summed E-state index contributed by atoms with van der Waals surface area (Å²) >= 11 is 0. The number of nitrogens with one attached hydrogen (secondary N) is 1. The van der Waals surface area contributed by atoms with Crippen molar-refractivity contribution in [2.75, 3.05) is 7.05 Å². The third-order valence-electron chi connectivity index (χ3n) is 3.36. The summed E-state index contributed by atoms with van der Waals surface area (Å²) in [6.45, 7) is 4.20. The van der Waals surface area contributed by atoms with E-state index in [0.717, 1.165) is 6.42 Å². The lowest BCUT2D eigenvalue weighted by molar-refractivity contribution is 0.461. The van der Waals surface area contributed by atoms with E-state index in [1.54, 1.807) is 0 Å². The minimum atomic E-state index is 0.673. The highest BCUT2D eigenvalue weighted by Crippen LogP contribution is 2.11. The van der Waals surface area contributed by atoms with Crippen molar-refractivity contribution in [1.29, 1.82) is 0 Å². The molecule has 0 saturated heterocycles. The van der Waals surface area contributed by atoms with E-state index in [9.17, 15) is 0 Å². The van der Waals surface area contributed by atoms with Crippen LogP contribution in [-0.4, -0.2) is 13.1 Å². The summed E-state index contributed by atoms with van der Waals surface area (Å²) in [5.41, 5.74) is 0. The summed E-state index contributed by atoms with van der Waals surface area (Å²) in [5, 5.41) is 3.40. The van der Waals surface area contributed by atoms with Crippen molar-refractivity contribution >= 4 is 0 Å². The van der Waals surface area contributed by atoms with Crippen molar-refractivity contribution in [3.8, 4) is 11.8 Å². The predicted molar refractivity (Wildman–Crippen MR) is 78.1 cm³/mol. The number of hydrogen-bond acceptors (Lipinski definition) is 1. The number of hydrogen-bond donors (Lipinski definition) is 1. The first kappa shape index (κ1) is 16.5. The van der Waals surface area contributed by atoms with E-state index in [1.807, 2.05) is 6.92 Å². The maximum absolute atomic E-state index is 3.40. The third-order valence-corrected chi connectivity index (χ3v) is 3.36. The molecule has 1 N–H and O–H groups in total. The smallest absolute Gasteiger partial charge is 0.0103 e. The van der Waals surface area contributed by atoms with Crippen LogP contribution in [0, 0.1) is 11.8 Å². The van der Waals surface area contributed by atoms with Gasteiger partial charge in [-0.3, -0.25) is 0 Å². The molecule has 0 amide bonds. The molecule has 0 aliphatic heterocycles. The summed E-state index contributed by atoms with van der Waals surface area (Å²) in [6, 6.07) is 0.673. The van der Waals surface area contributed by atoms with Crippen molar-refractivity contribution in [2.24, 2.45) is 0 Å². The predicted octanol–water partition coefficient (Wildman–Crippen LogP) is 4.52. The fourth-order valence-corrected chi connectivity index (χ4v) is 2.15. The Morgan fingerprint density at radius 1 is 0.941 bits per heavy atom. The van der Waals surface area contributed by atoms with Gasteiger partial charge in [0.2, 0.25) is 0 Å². The highest BCUT2D eigenvalue weighted by molar-refractivity contribution is 4.95. The first-order valence-corrected chi connectivity index (χ1v) is 7.42. The highest BCUT2D eigenvalue weighted by atomic mass is 14.9. The third kappa shape index (κ3) is 11.8. The van der Waals surface area contributed by atoms with Crippen LogP contribution in [0.3, 0.4) is 0 Å². The van der Waals surface area contributed by atoms with Gasteiger partial charge >= 0.3 is 0 Å². The van der Waals surface area contributed by atoms with Crippen LogP contribution in [0.15, 0.2) is 0 Å². The molecular weight excluding hydrogens is 206 g/mol. The Balaban J connectivity index is 3.32. The van der Waals surface area contributed by atoms with Gasteiger partial charge < -0.3 is 5.32 Å². The van der Waals surface area contributed by atoms with Gasteiger partial charge in [0, 0.05) is 12.5 Å². The Labute approximate surface area is 109 Å². The lowest BCUT2D eigenvalue weighted by atomic mass is 10.0. The largest absolute Gasteiger partial charge is 0.317 e. The molecule has 1 heteroatoms. The molecule has 1 atom stereocenters. The van der Waals surface area contributed by atoms with Crippen molar-refractivity contribution in [3.63, 3.8) is 0 Å². The molecule has 0 radical (unpaired) electrons. The molecular formula is C16H31N. The summed E-state index contributed by atoms with van der Waals surface area (Å²) < 4.78 is 0. The molecule has 0 rings (SSSR count). The van der Waals surface area contributed by atoms with Crippen LogP contribution in [0.2, 0.25) is 0 Å². The van der Waals surface area contributed by atoms with Gasteiger partial charge in [0.25, 0.3) is 0 Å². The van der Waals surface area contributed by atoms with Crippen molar-refractivity contribution < 1.29 is 0 Å². The van der Waals surface area contributed by atoms with Crippen LogP contribution in [0.4, 0.5) is 0 Å². The Bertz CT molecular complexity index is 199. The van der Waals surface area contributed by atoms with Crippen LogP contribution in [0.1, 0.15) is 78.1 Å². The summed E-state index contributed by atoms with van der Waals surface area (Å²) in [4.78, 5) is 0. The molecule has 0 aromatic rings. The van der Waals surface area contributed by atoms with E-state index in [4.69, 9.17) is 0 Å². The summed E-state index contributed by atoms with van der Waals surface area (Å²) in [7, 11) is 2.07. The second kappa shape index (κ2) is 13.6. The lowest BCUT2D eigenvalue weighted by Crippen LogP contribution is -2.24. The topological polar surface area (TPSA) is 12.0 Å². The minimum Gasteiger partial charge on any atom is -0.317 e. The lowest BCUT2D eigenvalue weighted by Gasteiger charge is -2.14. The van der Waals surface area contributed by atoms with E-state index in [0.29, 0.717) is 6.04 Å². The van der Waals surface area contributed by atoms with Crippen LogP contribution in [0.25, 0.3) is 0 Å². The Kier molecular flexibility index (Phi) is 13.2. The second-order valence-electron chi connectivity index (χ2n) is 4.86. The van der Waals surface area contributed by atoms with Gasteiger partial charge in [-0.15, -0.1) is 11.8 Å². The molecule has 0 heterocycles. The SMILES string of the molecule is CC#CCCC(CCCCCCCCC)NC. The normalized spacial score (nSPS) is 11.9. The fraction of sp³-hybridized carbons (Fsp3) is 0.875. The average Bonchev–Trinajstić information content (AvgIpc) is 2.35. The minimum absolute atomic E-state index is 0.673. The highest BCUT2D eigenvalue weighted by Gasteiger charge is 2.04. The Morgan fingerprint density at radius 2 is 1.59 bits per heavy atom. The summed E-state index contributed by atoms with van der Waals surface area (Å²) in [6.07, 6.45) is 13.4. The van der Waals surface area contributed by atoms with Crippen molar-refractivity contribution in [3.05, 3.63) is 0 Å². The van der Waals surface area contributed by atoms with Gasteiger partial charge in [0.1, 0.15) is 0 Å². The maximum atomic E-state index is 3.40. The molecule has 0 aromatic heterocycles. The zero-order valence-electron chi connectivity index (χ0n) is 12.1. The molecule has 0 aliphatic rings. The van der Waals surface area contributed by atoms with Gasteiger partial charge in [-0.2, -0.15) is 0 Å². The molecule has 0 spiro atoms. The van der Waals surface area contributed by atoms with Gasteiger partial charge in [-0.1, -0.05) is 51.9 Å². The van der Waals surface area contributed by atoms with Crippen LogP contribution in [0.5, 0.6) is 0 Å². The van der Waals surface area contributed by atoms with Gasteiger partial charge in [0.05, 0.1) is 0 Å². The first-order chi connectivity index (χ1) is 8.35. The van der Waals surface area contributed by atoms with E-state index < -0.39 is 0 Å². The van der Waals surface area contributed by atoms with E-state index >= 15 is 0 Å². The van der Waals surface area contributed by atoms with Crippen LogP contribution < -0.4 is 5.32 Å². The van der Waals surface area contributed by atoms with Crippen LogP contribution >= 0.6 is 0 Å². The van der Waals surface area contributed by atoms with Crippen LogP contribution in [-0.2, 0) is 0 Å². The molecule has 0 saturated carbocycles. The van der Waals surface area contributed by atoms with Gasteiger partial charge in [-0.25, -0.2) is 0 Å². The molecule has 0 fully saturated rings. The molecule has 0 aromatic carbocycles. The molecule has 17 heavy (non-hydrogen) atoms. The molecule has 0 bridgehead atoms. The first-order valence-electron chi connectivity index (χ1n) is 7.42. The van der Waals surface area contributed by atoms with Gasteiger partial charge in [-0.05, 0) is 26.8 Å². The standard InChI is InChI=1S/C16H31N/c1-4-6-8-9-10-11-13-15-16(17-3)14-12-7-5-2/h16-17H,4,6,8-15H2,1-3H3. The molecule has 1 unspecified atom stereocenters. The fourth-order valence-electron chi connectivity index (χ4n) is 2.15. The van der Waals surface area contributed by atoms with E-state index in [2.05, 4.69) is 31.1 Å². The molecule has 1 nitrogen and oxygen atoms in total. The average molecular weight is 237 g/mol.